The first kappa shape index (κ1) is 17.1. The van der Waals surface area contributed by atoms with E-state index in [-0.39, 0.29) is 0 Å². The molecule has 0 unspecified atom stereocenters. The van der Waals surface area contributed by atoms with E-state index < -0.39 is 0 Å². The van der Waals surface area contributed by atoms with Crippen molar-refractivity contribution in [3.63, 3.8) is 0 Å². The summed E-state index contributed by atoms with van der Waals surface area (Å²) in [6, 6.07) is 6.38. The Kier molecular flexibility index (Phi) is 4.89. The maximum absolute atomic E-state index is 4.70. The summed E-state index contributed by atoms with van der Waals surface area (Å²) >= 11 is 1.76. The lowest BCUT2D eigenvalue weighted by molar-refractivity contribution is 0.0856. The predicted octanol–water partition coefficient (Wildman–Crippen LogP) is 3.64. The Balaban J connectivity index is 1.37. The van der Waals surface area contributed by atoms with E-state index in [9.17, 15) is 0 Å². The Bertz CT molecular complexity index is 728. The summed E-state index contributed by atoms with van der Waals surface area (Å²) in [5.74, 6) is 0. The highest BCUT2D eigenvalue weighted by Crippen LogP contribution is 2.39. The molecule has 0 saturated carbocycles. The normalized spacial score (nSPS) is 25.0. The van der Waals surface area contributed by atoms with Crippen LogP contribution in [-0.2, 0) is 13.1 Å². The summed E-state index contributed by atoms with van der Waals surface area (Å²) in [5.41, 5.74) is 4.06. The molecule has 4 rings (SSSR count). The molecule has 0 amide bonds. The highest BCUT2D eigenvalue weighted by molar-refractivity contribution is 7.09. The first-order valence-electron chi connectivity index (χ1n) is 9.39. The molecular weight excluding hydrogens is 328 g/mol. The highest BCUT2D eigenvalue weighted by atomic mass is 32.1. The van der Waals surface area contributed by atoms with Crippen molar-refractivity contribution in [1.82, 2.24) is 19.8 Å². The largest absolute Gasteiger partial charge is 0.297 e. The Labute approximate surface area is 154 Å². The third-order valence-electron chi connectivity index (χ3n) is 5.64. The Morgan fingerprint density at radius 1 is 1.00 bits per heavy atom. The van der Waals surface area contributed by atoms with Gasteiger partial charge in [-0.15, -0.1) is 11.3 Å². The highest BCUT2D eigenvalue weighted by Gasteiger charge is 2.41. The third-order valence-corrected chi connectivity index (χ3v) is 6.46. The van der Waals surface area contributed by atoms with Crippen molar-refractivity contribution in [3.05, 3.63) is 45.7 Å². The second-order valence-electron chi connectivity index (χ2n) is 7.90. The molecule has 2 saturated heterocycles. The molecule has 2 aliphatic heterocycles. The van der Waals surface area contributed by atoms with Gasteiger partial charge in [-0.2, -0.15) is 0 Å². The first-order valence-corrected chi connectivity index (χ1v) is 10.3. The van der Waals surface area contributed by atoms with Gasteiger partial charge in [-0.3, -0.25) is 14.8 Å². The monoisotopic (exact) mass is 356 g/mol. The molecule has 4 heterocycles. The van der Waals surface area contributed by atoms with Crippen molar-refractivity contribution in [2.75, 3.05) is 26.2 Å². The van der Waals surface area contributed by atoms with Gasteiger partial charge in [0.05, 0.1) is 16.4 Å². The summed E-state index contributed by atoms with van der Waals surface area (Å²) in [6.45, 7) is 11.1. The van der Waals surface area contributed by atoms with Gasteiger partial charge in [-0.05, 0) is 63.7 Å². The molecule has 2 aromatic heterocycles. The van der Waals surface area contributed by atoms with Crippen LogP contribution < -0.4 is 0 Å². The molecule has 4 nitrogen and oxygen atoms in total. The maximum atomic E-state index is 4.70. The van der Waals surface area contributed by atoms with Crippen LogP contribution in [0.25, 0.3) is 0 Å². The second kappa shape index (κ2) is 7.14. The van der Waals surface area contributed by atoms with Gasteiger partial charge in [-0.1, -0.05) is 6.07 Å². The topological polar surface area (TPSA) is 32.3 Å². The molecule has 2 aromatic rings. The average molecular weight is 357 g/mol. The first-order chi connectivity index (χ1) is 12.1. The minimum Gasteiger partial charge on any atom is -0.297 e. The van der Waals surface area contributed by atoms with Crippen molar-refractivity contribution < 1.29 is 0 Å². The fraction of sp³-hybridized carbons (Fsp3) is 0.600. The summed E-state index contributed by atoms with van der Waals surface area (Å²) < 4.78 is 0. The molecule has 1 atom stereocenters. The standard InChI is InChI=1S/C20H28N4S/c1-16-5-3-6-18(21-16)11-23-9-4-7-20(14-23)8-10-24(15-20)12-19-13-25-17(2)22-19/h3,5-6,13H,4,7-12,14-15H2,1-2H3/t20-/m1/s1. The van der Waals surface area contributed by atoms with Gasteiger partial charge in [0, 0.05) is 37.3 Å². The molecule has 1 spiro atoms. The summed E-state index contributed by atoms with van der Waals surface area (Å²) in [6.07, 6.45) is 4.01. The second-order valence-corrected chi connectivity index (χ2v) is 8.97. The maximum Gasteiger partial charge on any atom is 0.0897 e. The van der Waals surface area contributed by atoms with Gasteiger partial charge in [0.15, 0.2) is 0 Å². The van der Waals surface area contributed by atoms with Crippen molar-refractivity contribution in [1.29, 1.82) is 0 Å². The van der Waals surface area contributed by atoms with Crippen LogP contribution in [0.15, 0.2) is 23.6 Å². The summed E-state index contributed by atoms with van der Waals surface area (Å²) in [5, 5.41) is 3.40. The van der Waals surface area contributed by atoms with Crippen molar-refractivity contribution in [2.45, 2.75) is 46.2 Å². The molecule has 0 N–H and O–H groups in total. The number of thiazole rings is 1. The number of likely N-dealkylation sites (tertiary alicyclic amines) is 2. The summed E-state index contributed by atoms with van der Waals surface area (Å²) in [4.78, 5) is 14.6. The van der Waals surface area contributed by atoms with Crippen molar-refractivity contribution >= 4 is 11.3 Å². The fourth-order valence-electron chi connectivity index (χ4n) is 4.57. The van der Waals surface area contributed by atoms with Crippen LogP contribution in [-0.4, -0.2) is 45.9 Å². The molecule has 25 heavy (non-hydrogen) atoms. The lowest BCUT2D eigenvalue weighted by Crippen LogP contribution is -2.44. The van der Waals surface area contributed by atoms with Crippen LogP contribution in [0.1, 0.15) is 41.4 Å². The molecule has 5 heteroatoms. The van der Waals surface area contributed by atoms with Gasteiger partial charge in [0.25, 0.3) is 0 Å². The van der Waals surface area contributed by atoms with E-state index in [0.29, 0.717) is 5.41 Å². The number of hydrogen-bond acceptors (Lipinski definition) is 5. The molecule has 2 aliphatic rings. The van der Waals surface area contributed by atoms with Gasteiger partial charge < -0.3 is 0 Å². The molecule has 0 bridgehead atoms. The minimum atomic E-state index is 0.479. The quantitative estimate of drug-likeness (QED) is 0.837. The van der Waals surface area contributed by atoms with Gasteiger partial charge in [0.1, 0.15) is 0 Å². The van der Waals surface area contributed by atoms with Crippen molar-refractivity contribution in [2.24, 2.45) is 5.41 Å². The van der Waals surface area contributed by atoms with Crippen LogP contribution in [0.4, 0.5) is 0 Å². The van der Waals surface area contributed by atoms with Crippen LogP contribution in [0.3, 0.4) is 0 Å². The average Bonchev–Trinajstić information content (AvgIpc) is 3.14. The zero-order valence-electron chi connectivity index (χ0n) is 15.4. The number of pyridine rings is 1. The smallest absolute Gasteiger partial charge is 0.0897 e. The molecule has 2 fully saturated rings. The molecule has 134 valence electrons. The number of aromatic nitrogens is 2. The number of hydrogen-bond donors (Lipinski definition) is 0. The zero-order valence-corrected chi connectivity index (χ0v) is 16.2. The molecule has 0 radical (unpaired) electrons. The Morgan fingerprint density at radius 2 is 1.80 bits per heavy atom. The van der Waals surface area contributed by atoms with E-state index in [4.69, 9.17) is 4.98 Å². The number of rotatable bonds is 4. The Hall–Kier alpha value is -1.30. The van der Waals surface area contributed by atoms with E-state index in [1.165, 1.54) is 61.8 Å². The van der Waals surface area contributed by atoms with E-state index >= 15 is 0 Å². The van der Waals surface area contributed by atoms with E-state index in [0.717, 1.165) is 18.8 Å². The lowest BCUT2D eigenvalue weighted by atomic mass is 9.79. The number of piperidine rings is 1. The van der Waals surface area contributed by atoms with Gasteiger partial charge in [-0.25, -0.2) is 4.98 Å². The molecular formula is C20H28N4S. The SMILES string of the molecule is Cc1cccc(CN2CCC[C@@]3(CCN(Cc4csc(C)n4)C3)C2)n1. The fourth-order valence-corrected chi connectivity index (χ4v) is 5.17. The zero-order chi connectivity index (χ0) is 17.3. The van der Waals surface area contributed by atoms with Crippen molar-refractivity contribution in [3.8, 4) is 0 Å². The van der Waals surface area contributed by atoms with Crippen LogP contribution >= 0.6 is 11.3 Å². The van der Waals surface area contributed by atoms with E-state index in [1.54, 1.807) is 11.3 Å². The Morgan fingerprint density at radius 3 is 2.56 bits per heavy atom. The lowest BCUT2D eigenvalue weighted by Gasteiger charge is -2.40. The van der Waals surface area contributed by atoms with Crippen LogP contribution in [0.5, 0.6) is 0 Å². The van der Waals surface area contributed by atoms with E-state index in [1.807, 2.05) is 0 Å². The summed E-state index contributed by atoms with van der Waals surface area (Å²) in [7, 11) is 0. The van der Waals surface area contributed by atoms with Crippen LogP contribution in [0, 0.1) is 19.3 Å². The number of aryl methyl sites for hydroxylation is 2. The van der Waals surface area contributed by atoms with Gasteiger partial charge in [0.2, 0.25) is 0 Å². The van der Waals surface area contributed by atoms with Crippen LogP contribution in [0.2, 0.25) is 0 Å². The third kappa shape index (κ3) is 4.10. The minimum absolute atomic E-state index is 0.479. The number of nitrogens with zero attached hydrogens (tertiary/aromatic N) is 4. The van der Waals surface area contributed by atoms with Gasteiger partial charge >= 0.3 is 0 Å². The molecule has 0 aliphatic carbocycles. The van der Waals surface area contributed by atoms with E-state index in [2.05, 4.69) is 52.2 Å². The molecule has 0 aromatic carbocycles. The predicted molar refractivity (Wildman–Crippen MR) is 103 cm³/mol.